The molecule has 0 saturated carbocycles. The molecule has 0 fully saturated rings. The molecule has 0 aliphatic rings. The molecule has 5 heteroatoms. The number of rotatable bonds is 7. The largest absolute Gasteiger partial charge is 0.463 e. The summed E-state index contributed by atoms with van der Waals surface area (Å²) in [4.78, 5) is 23.8. The molecule has 104 valence electrons. The van der Waals surface area contributed by atoms with Crippen molar-refractivity contribution in [2.24, 2.45) is 0 Å². The Morgan fingerprint density at radius 1 is 1.26 bits per heavy atom. The number of thioether (sulfide) groups is 1. The van der Waals surface area contributed by atoms with E-state index in [0.29, 0.717) is 12.3 Å². The number of hydrogen-bond acceptors (Lipinski definition) is 4. The summed E-state index contributed by atoms with van der Waals surface area (Å²) < 4.78 is 4.97. The number of hydrogen-bond donors (Lipinski definition) is 1. The number of nitrogens with one attached hydrogen (secondary N) is 1. The molecular weight excluding hydrogens is 262 g/mol. The van der Waals surface area contributed by atoms with Crippen LogP contribution in [0.5, 0.6) is 0 Å². The van der Waals surface area contributed by atoms with Gasteiger partial charge in [-0.25, -0.2) is 0 Å². The van der Waals surface area contributed by atoms with Gasteiger partial charge in [-0.2, -0.15) is 0 Å². The zero-order valence-corrected chi connectivity index (χ0v) is 12.0. The maximum Gasteiger partial charge on any atom is 0.307 e. The van der Waals surface area contributed by atoms with Crippen LogP contribution in [0, 0.1) is 0 Å². The fourth-order valence-corrected chi connectivity index (χ4v) is 2.09. The summed E-state index contributed by atoms with van der Waals surface area (Å²) in [5.74, 6) is -0.0133. The second kappa shape index (κ2) is 8.58. The zero-order valence-electron chi connectivity index (χ0n) is 11.2. The summed E-state index contributed by atoms with van der Waals surface area (Å²) >= 11 is 1.47. The van der Waals surface area contributed by atoms with Gasteiger partial charge in [-0.15, -0.1) is 11.8 Å². The highest BCUT2D eigenvalue weighted by atomic mass is 32.2. The van der Waals surface area contributed by atoms with E-state index in [1.165, 1.54) is 11.8 Å². The van der Waals surface area contributed by atoms with E-state index >= 15 is 0 Å². The lowest BCUT2D eigenvalue weighted by Gasteiger charge is -2.08. The predicted octanol–water partition coefficient (Wildman–Crippen LogP) is 2.24. The van der Waals surface area contributed by atoms with Crippen LogP contribution in [-0.2, 0) is 14.3 Å². The van der Waals surface area contributed by atoms with Crippen LogP contribution in [0.25, 0.3) is 0 Å². The lowest BCUT2D eigenvalue weighted by molar-refractivity contribution is -0.147. The van der Waals surface area contributed by atoms with E-state index in [1.807, 2.05) is 30.3 Å². The average Bonchev–Trinajstić information content (AvgIpc) is 2.36. The van der Waals surface area contributed by atoms with Crippen LogP contribution in [0.15, 0.2) is 35.2 Å². The molecule has 1 aromatic rings. The van der Waals surface area contributed by atoms with Gasteiger partial charge >= 0.3 is 5.97 Å². The summed E-state index contributed by atoms with van der Waals surface area (Å²) in [5, 5.41) is 2.70. The van der Waals surface area contributed by atoms with Crippen molar-refractivity contribution in [3.05, 3.63) is 30.3 Å². The van der Waals surface area contributed by atoms with Crippen LogP contribution in [0.4, 0.5) is 0 Å². The third kappa shape index (κ3) is 7.51. The molecule has 0 aliphatic carbocycles. The van der Waals surface area contributed by atoms with E-state index in [1.54, 1.807) is 13.8 Å². The second-order valence-corrected chi connectivity index (χ2v) is 5.29. The third-order valence-corrected chi connectivity index (χ3v) is 3.14. The smallest absolute Gasteiger partial charge is 0.307 e. The van der Waals surface area contributed by atoms with Gasteiger partial charge in [0.25, 0.3) is 0 Å². The van der Waals surface area contributed by atoms with Gasteiger partial charge in [0.05, 0.1) is 18.3 Å². The highest BCUT2D eigenvalue weighted by Gasteiger charge is 2.07. The Labute approximate surface area is 117 Å². The van der Waals surface area contributed by atoms with Crippen LogP contribution in [0.3, 0.4) is 0 Å². The van der Waals surface area contributed by atoms with Crippen LogP contribution >= 0.6 is 11.8 Å². The summed E-state index contributed by atoms with van der Waals surface area (Å²) in [6, 6.07) is 9.71. The predicted molar refractivity (Wildman–Crippen MR) is 76.0 cm³/mol. The van der Waals surface area contributed by atoms with Crippen molar-refractivity contribution in [1.29, 1.82) is 0 Å². The minimum atomic E-state index is -0.286. The Hall–Kier alpha value is -1.49. The molecular formula is C14H19NO3S. The first-order valence-corrected chi connectivity index (χ1v) is 7.20. The van der Waals surface area contributed by atoms with Crippen LogP contribution in [0.1, 0.15) is 20.3 Å². The van der Waals surface area contributed by atoms with E-state index < -0.39 is 0 Å². The van der Waals surface area contributed by atoms with E-state index in [0.717, 1.165) is 4.90 Å². The summed E-state index contributed by atoms with van der Waals surface area (Å²) in [6.45, 7) is 3.92. The molecule has 0 aromatic heterocycles. The van der Waals surface area contributed by atoms with Crippen molar-refractivity contribution in [1.82, 2.24) is 5.32 Å². The topological polar surface area (TPSA) is 55.4 Å². The van der Waals surface area contributed by atoms with Crippen molar-refractivity contribution < 1.29 is 14.3 Å². The Morgan fingerprint density at radius 2 is 1.95 bits per heavy atom. The van der Waals surface area contributed by atoms with Crippen LogP contribution in [-0.4, -0.2) is 30.3 Å². The second-order valence-electron chi connectivity index (χ2n) is 4.24. The first-order chi connectivity index (χ1) is 9.08. The Bertz CT molecular complexity index is 406. The maximum atomic E-state index is 11.5. The fraction of sp³-hybridized carbons (Fsp3) is 0.429. The van der Waals surface area contributed by atoms with Crippen molar-refractivity contribution in [2.75, 3.05) is 12.3 Å². The van der Waals surface area contributed by atoms with Crippen LogP contribution in [0.2, 0.25) is 0 Å². The number of carbonyl (C=O) groups excluding carboxylic acids is 2. The molecule has 0 bridgehead atoms. The number of esters is 1. The van der Waals surface area contributed by atoms with E-state index in [9.17, 15) is 9.59 Å². The lowest BCUT2D eigenvalue weighted by atomic mass is 10.4. The van der Waals surface area contributed by atoms with Crippen molar-refractivity contribution in [3.63, 3.8) is 0 Å². The van der Waals surface area contributed by atoms with Crippen LogP contribution < -0.4 is 5.32 Å². The fourth-order valence-electron chi connectivity index (χ4n) is 1.34. The molecule has 0 atom stereocenters. The molecule has 1 amide bonds. The first-order valence-electron chi connectivity index (χ1n) is 6.22. The standard InChI is InChI=1S/C14H19NO3S/c1-11(2)18-14(17)8-9-15-13(16)10-19-12-6-4-3-5-7-12/h3-7,11H,8-10H2,1-2H3,(H,15,16). The molecule has 0 unspecified atom stereocenters. The average molecular weight is 281 g/mol. The van der Waals surface area contributed by atoms with Crippen molar-refractivity contribution in [2.45, 2.75) is 31.3 Å². The summed E-state index contributed by atoms with van der Waals surface area (Å²) in [6.07, 6.45) is 0.0942. The maximum absolute atomic E-state index is 11.5. The SMILES string of the molecule is CC(C)OC(=O)CCNC(=O)CSc1ccccc1. The molecule has 0 spiro atoms. The Kier molecular flexibility index (Phi) is 7.03. The number of amides is 1. The van der Waals surface area contributed by atoms with Gasteiger partial charge in [-0.1, -0.05) is 18.2 Å². The molecule has 0 heterocycles. The van der Waals surface area contributed by atoms with Gasteiger partial charge in [0.1, 0.15) is 0 Å². The quantitative estimate of drug-likeness (QED) is 0.615. The van der Waals surface area contributed by atoms with Gasteiger partial charge in [0.15, 0.2) is 0 Å². The molecule has 1 rings (SSSR count). The van der Waals surface area contributed by atoms with E-state index in [4.69, 9.17) is 4.74 Å². The molecule has 0 saturated heterocycles. The van der Waals surface area contributed by atoms with E-state index in [2.05, 4.69) is 5.32 Å². The normalized spacial score (nSPS) is 10.3. The molecule has 19 heavy (non-hydrogen) atoms. The third-order valence-electron chi connectivity index (χ3n) is 2.13. The van der Waals surface area contributed by atoms with Gasteiger partial charge in [-0.3, -0.25) is 9.59 Å². The van der Waals surface area contributed by atoms with Gasteiger partial charge in [0.2, 0.25) is 5.91 Å². The zero-order chi connectivity index (χ0) is 14.1. The molecule has 0 aliphatic heterocycles. The highest BCUT2D eigenvalue weighted by molar-refractivity contribution is 8.00. The summed E-state index contributed by atoms with van der Waals surface area (Å²) in [5.41, 5.74) is 0. The molecule has 0 radical (unpaired) electrons. The minimum absolute atomic E-state index is 0.0776. The Morgan fingerprint density at radius 3 is 2.58 bits per heavy atom. The van der Waals surface area contributed by atoms with Crippen molar-refractivity contribution in [3.8, 4) is 0 Å². The molecule has 4 nitrogen and oxygen atoms in total. The first kappa shape index (κ1) is 15.6. The minimum Gasteiger partial charge on any atom is -0.463 e. The van der Waals surface area contributed by atoms with Gasteiger partial charge in [0, 0.05) is 11.4 Å². The Balaban J connectivity index is 2.13. The number of carbonyl (C=O) groups is 2. The van der Waals surface area contributed by atoms with Crippen molar-refractivity contribution >= 4 is 23.6 Å². The summed E-state index contributed by atoms with van der Waals surface area (Å²) in [7, 11) is 0. The van der Waals surface area contributed by atoms with E-state index in [-0.39, 0.29) is 24.4 Å². The molecule has 1 N–H and O–H groups in total. The monoisotopic (exact) mass is 281 g/mol. The number of ether oxygens (including phenoxy) is 1. The van der Waals surface area contributed by atoms with Gasteiger partial charge < -0.3 is 10.1 Å². The highest BCUT2D eigenvalue weighted by Crippen LogP contribution is 2.16. The van der Waals surface area contributed by atoms with Gasteiger partial charge in [-0.05, 0) is 26.0 Å². The number of benzene rings is 1. The molecule has 1 aromatic carbocycles. The lowest BCUT2D eigenvalue weighted by Crippen LogP contribution is -2.28.